The molecule has 5 nitrogen and oxygen atoms in total. The molecule has 0 aliphatic carbocycles. The Kier molecular flexibility index (Phi) is 6.28. The van der Waals surface area contributed by atoms with Crippen molar-refractivity contribution in [3.05, 3.63) is 35.9 Å². The van der Waals surface area contributed by atoms with Crippen molar-refractivity contribution < 1.29 is 8.42 Å². The molecule has 1 aromatic carbocycles. The van der Waals surface area contributed by atoms with Crippen LogP contribution in [-0.4, -0.2) is 21.5 Å². The minimum atomic E-state index is -3.38. The summed E-state index contributed by atoms with van der Waals surface area (Å²) in [7, 11) is -3.38. The highest BCUT2D eigenvalue weighted by Gasteiger charge is 2.10. The first-order valence-corrected chi connectivity index (χ1v) is 7.58. The molecule has 1 rings (SSSR count). The van der Waals surface area contributed by atoms with Crippen LogP contribution in [0.2, 0.25) is 0 Å². The molecule has 0 fully saturated rings. The van der Waals surface area contributed by atoms with Gasteiger partial charge in [0.25, 0.3) is 10.2 Å². The highest BCUT2D eigenvalue weighted by Crippen LogP contribution is 2.12. The highest BCUT2D eigenvalue weighted by atomic mass is 32.2. The zero-order valence-corrected chi connectivity index (χ0v) is 11.4. The first-order chi connectivity index (χ1) is 8.55. The van der Waals surface area contributed by atoms with Gasteiger partial charge in [-0.05, 0) is 18.4 Å². The summed E-state index contributed by atoms with van der Waals surface area (Å²) in [5, 5.41) is 0. The summed E-state index contributed by atoms with van der Waals surface area (Å²) in [6, 6.07) is 9.49. The van der Waals surface area contributed by atoms with Gasteiger partial charge in [0.15, 0.2) is 0 Å². The number of nitrogens with one attached hydrogen (secondary N) is 2. The molecule has 4 N–H and O–H groups in total. The zero-order chi connectivity index (χ0) is 13.4. The molecule has 0 heterocycles. The predicted molar refractivity (Wildman–Crippen MR) is 73.2 cm³/mol. The maximum absolute atomic E-state index is 11.4. The third-order valence-electron chi connectivity index (χ3n) is 2.52. The SMILES string of the molecule is CCCNS(=O)(=O)NCCC(N)c1ccccc1. The lowest BCUT2D eigenvalue weighted by Crippen LogP contribution is -2.38. The Morgan fingerprint density at radius 1 is 1.17 bits per heavy atom. The topological polar surface area (TPSA) is 84.2 Å². The van der Waals surface area contributed by atoms with Gasteiger partial charge in [-0.2, -0.15) is 8.42 Å². The normalized spacial score (nSPS) is 13.4. The van der Waals surface area contributed by atoms with Crippen LogP contribution in [0.4, 0.5) is 0 Å². The van der Waals surface area contributed by atoms with E-state index in [2.05, 4.69) is 9.44 Å². The molecule has 102 valence electrons. The molecule has 0 saturated heterocycles. The Labute approximate surface area is 109 Å². The first kappa shape index (κ1) is 15.1. The third kappa shape index (κ3) is 5.59. The number of hydrogen-bond acceptors (Lipinski definition) is 3. The van der Waals surface area contributed by atoms with E-state index in [9.17, 15) is 8.42 Å². The second-order valence-electron chi connectivity index (χ2n) is 4.10. The molecule has 0 amide bonds. The van der Waals surface area contributed by atoms with Crippen LogP contribution in [0.5, 0.6) is 0 Å². The van der Waals surface area contributed by atoms with Gasteiger partial charge in [0.05, 0.1) is 0 Å². The quantitative estimate of drug-likeness (QED) is 0.657. The Morgan fingerprint density at radius 3 is 2.39 bits per heavy atom. The summed E-state index contributed by atoms with van der Waals surface area (Å²) >= 11 is 0. The number of benzene rings is 1. The highest BCUT2D eigenvalue weighted by molar-refractivity contribution is 7.87. The van der Waals surface area contributed by atoms with Gasteiger partial charge in [-0.15, -0.1) is 0 Å². The van der Waals surface area contributed by atoms with Crippen molar-refractivity contribution in [3.63, 3.8) is 0 Å². The van der Waals surface area contributed by atoms with Gasteiger partial charge in [0.2, 0.25) is 0 Å². The average Bonchev–Trinajstić information content (AvgIpc) is 2.37. The smallest absolute Gasteiger partial charge is 0.276 e. The van der Waals surface area contributed by atoms with Gasteiger partial charge in [-0.1, -0.05) is 37.3 Å². The van der Waals surface area contributed by atoms with E-state index < -0.39 is 10.2 Å². The molecule has 18 heavy (non-hydrogen) atoms. The monoisotopic (exact) mass is 271 g/mol. The van der Waals surface area contributed by atoms with E-state index in [-0.39, 0.29) is 6.04 Å². The fourth-order valence-corrected chi connectivity index (χ4v) is 2.46. The minimum absolute atomic E-state index is 0.153. The van der Waals surface area contributed by atoms with Crippen LogP contribution >= 0.6 is 0 Å². The van der Waals surface area contributed by atoms with Gasteiger partial charge < -0.3 is 5.73 Å². The van der Waals surface area contributed by atoms with E-state index in [4.69, 9.17) is 5.73 Å². The molecule has 0 radical (unpaired) electrons. The van der Waals surface area contributed by atoms with Crippen molar-refractivity contribution in [2.75, 3.05) is 13.1 Å². The van der Waals surface area contributed by atoms with Crippen molar-refractivity contribution in [2.24, 2.45) is 5.73 Å². The summed E-state index contributed by atoms with van der Waals surface area (Å²) in [4.78, 5) is 0. The van der Waals surface area contributed by atoms with E-state index in [1.165, 1.54) is 0 Å². The van der Waals surface area contributed by atoms with E-state index in [1.54, 1.807) is 0 Å². The molecule has 1 unspecified atom stereocenters. The fraction of sp³-hybridized carbons (Fsp3) is 0.500. The second kappa shape index (κ2) is 7.48. The van der Waals surface area contributed by atoms with Crippen LogP contribution < -0.4 is 15.2 Å². The maximum Gasteiger partial charge on any atom is 0.276 e. The Bertz CT molecular complexity index is 434. The lowest BCUT2D eigenvalue weighted by Gasteiger charge is -2.12. The van der Waals surface area contributed by atoms with Crippen molar-refractivity contribution in [3.8, 4) is 0 Å². The average molecular weight is 271 g/mol. The van der Waals surface area contributed by atoms with Gasteiger partial charge >= 0.3 is 0 Å². The molecule has 0 saturated carbocycles. The van der Waals surface area contributed by atoms with E-state index >= 15 is 0 Å². The molecule has 0 aliphatic heterocycles. The van der Waals surface area contributed by atoms with E-state index in [0.29, 0.717) is 19.5 Å². The van der Waals surface area contributed by atoms with Crippen molar-refractivity contribution in [1.82, 2.24) is 9.44 Å². The van der Waals surface area contributed by atoms with E-state index in [1.807, 2.05) is 37.3 Å². The van der Waals surface area contributed by atoms with E-state index in [0.717, 1.165) is 12.0 Å². The maximum atomic E-state index is 11.4. The molecule has 0 aromatic heterocycles. The lowest BCUT2D eigenvalue weighted by molar-refractivity contribution is 0.555. The molecule has 0 bridgehead atoms. The van der Waals surface area contributed by atoms with Gasteiger partial charge in [-0.3, -0.25) is 0 Å². The predicted octanol–water partition coefficient (Wildman–Crippen LogP) is 0.911. The summed E-state index contributed by atoms with van der Waals surface area (Å²) < 4.78 is 27.8. The Morgan fingerprint density at radius 2 is 1.78 bits per heavy atom. The second-order valence-corrected chi connectivity index (χ2v) is 5.68. The van der Waals surface area contributed by atoms with Crippen LogP contribution in [0.3, 0.4) is 0 Å². The van der Waals surface area contributed by atoms with Crippen LogP contribution in [0.1, 0.15) is 31.4 Å². The Balaban J connectivity index is 2.34. The summed E-state index contributed by atoms with van der Waals surface area (Å²) in [6.45, 7) is 2.68. The standard InChI is InChI=1S/C12H21N3O2S/c1-2-9-14-18(16,17)15-10-8-12(13)11-6-4-3-5-7-11/h3-7,12,14-15H,2,8-10,13H2,1H3. The van der Waals surface area contributed by atoms with Crippen LogP contribution in [0.15, 0.2) is 30.3 Å². The third-order valence-corrected chi connectivity index (χ3v) is 3.69. The summed E-state index contributed by atoms with van der Waals surface area (Å²) in [5.41, 5.74) is 6.98. The zero-order valence-electron chi connectivity index (χ0n) is 10.6. The van der Waals surface area contributed by atoms with Crippen LogP contribution in [0.25, 0.3) is 0 Å². The first-order valence-electron chi connectivity index (χ1n) is 6.10. The van der Waals surface area contributed by atoms with Crippen molar-refractivity contribution in [2.45, 2.75) is 25.8 Å². The van der Waals surface area contributed by atoms with Crippen LogP contribution in [-0.2, 0) is 10.2 Å². The largest absolute Gasteiger partial charge is 0.324 e. The molecule has 6 heteroatoms. The fourth-order valence-electron chi connectivity index (χ4n) is 1.50. The van der Waals surface area contributed by atoms with Crippen molar-refractivity contribution >= 4 is 10.2 Å². The molecule has 0 aliphatic rings. The van der Waals surface area contributed by atoms with Gasteiger partial charge in [0.1, 0.15) is 0 Å². The van der Waals surface area contributed by atoms with Crippen LogP contribution in [0, 0.1) is 0 Å². The number of hydrogen-bond donors (Lipinski definition) is 3. The molecule has 0 spiro atoms. The molecule has 1 atom stereocenters. The Hall–Kier alpha value is -0.950. The lowest BCUT2D eigenvalue weighted by atomic mass is 10.1. The summed E-state index contributed by atoms with van der Waals surface area (Å²) in [6.07, 6.45) is 1.33. The molecule has 1 aromatic rings. The van der Waals surface area contributed by atoms with Gasteiger partial charge in [0, 0.05) is 19.1 Å². The summed E-state index contributed by atoms with van der Waals surface area (Å²) in [5.74, 6) is 0. The molecular formula is C12H21N3O2S. The number of rotatable bonds is 8. The van der Waals surface area contributed by atoms with Crippen molar-refractivity contribution in [1.29, 1.82) is 0 Å². The number of nitrogens with two attached hydrogens (primary N) is 1. The molecular weight excluding hydrogens is 250 g/mol. The van der Waals surface area contributed by atoms with Gasteiger partial charge in [-0.25, -0.2) is 9.44 Å². The minimum Gasteiger partial charge on any atom is -0.324 e.